The lowest BCUT2D eigenvalue weighted by atomic mass is 10.3. The molecule has 0 aliphatic carbocycles. The average Bonchev–Trinajstić information content (AvgIpc) is 3.11. The Morgan fingerprint density at radius 2 is 2.14 bits per heavy atom. The fraction of sp³-hybridized carbons (Fsp3) is 0.231. The minimum absolute atomic E-state index is 0.000303. The predicted molar refractivity (Wildman–Crippen MR) is 92.7 cm³/mol. The molecule has 2 aromatic heterocycles. The van der Waals surface area contributed by atoms with Crippen molar-refractivity contribution in [3.05, 3.63) is 24.3 Å². The second-order valence-electron chi connectivity index (χ2n) is 4.30. The van der Waals surface area contributed by atoms with Crippen LogP contribution in [0, 0.1) is 0 Å². The van der Waals surface area contributed by atoms with E-state index in [4.69, 9.17) is 5.73 Å². The minimum atomic E-state index is 0.000303. The van der Waals surface area contributed by atoms with Crippen molar-refractivity contribution in [2.24, 2.45) is 0 Å². The summed E-state index contributed by atoms with van der Waals surface area (Å²) in [4.78, 5) is 18.7. The van der Waals surface area contributed by atoms with Gasteiger partial charge in [-0.15, -0.1) is 10.2 Å². The smallest absolute Gasteiger partial charge is 0.239 e. The lowest BCUT2D eigenvalue weighted by Crippen LogP contribution is -2.31. The molecule has 0 unspecified atom stereocenters. The van der Waals surface area contributed by atoms with Crippen LogP contribution in [0.15, 0.2) is 28.6 Å². The maximum Gasteiger partial charge on any atom is 0.239 e. The first-order valence-electron chi connectivity index (χ1n) is 6.55. The zero-order chi connectivity index (χ0) is 15.5. The van der Waals surface area contributed by atoms with Crippen LogP contribution in [0.4, 0.5) is 10.3 Å². The van der Waals surface area contributed by atoms with E-state index in [0.717, 1.165) is 15.3 Å². The van der Waals surface area contributed by atoms with Crippen LogP contribution in [0.3, 0.4) is 0 Å². The number of carbonyl (C=O) groups is 1. The molecule has 0 saturated carbocycles. The van der Waals surface area contributed by atoms with Gasteiger partial charge in [0.1, 0.15) is 0 Å². The zero-order valence-electron chi connectivity index (χ0n) is 11.7. The van der Waals surface area contributed by atoms with Gasteiger partial charge >= 0.3 is 0 Å². The van der Waals surface area contributed by atoms with Crippen molar-refractivity contribution in [2.75, 3.05) is 22.9 Å². The van der Waals surface area contributed by atoms with E-state index in [2.05, 4.69) is 15.2 Å². The van der Waals surface area contributed by atoms with Crippen molar-refractivity contribution in [1.82, 2.24) is 15.2 Å². The number of carbonyl (C=O) groups excluding carboxylic acids is 1. The number of anilines is 2. The van der Waals surface area contributed by atoms with E-state index in [1.807, 2.05) is 31.2 Å². The number of nitrogens with zero attached hydrogens (tertiary/aromatic N) is 4. The fourth-order valence-corrected chi connectivity index (χ4v) is 4.43. The summed E-state index contributed by atoms with van der Waals surface area (Å²) in [5.74, 6) is 0.290. The molecule has 1 aromatic carbocycles. The van der Waals surface area contributed by atoms with E-state index >= 15 is 0 Å². The van der Waals surface area contributed by atoms with Crippen LogP contribution in [-0.4, -0.2) is 33.4 Å². The second kappa shape index (κ2) is 6.59. The number of hydrogen-bond donors (Lipinski definition) is 1. The summed E-state index contributed by atoms with van der Waals surface area (Å²) in [6.45, 7) is 2.52. The highest BCUT2D eigenvalue weighted by Gasteiger charge is 2.18. The highest BCUT2D eigenvalue weighted by molar-refractivity contribution is 8.01. The van der Waals surface area contributed by atoms with Crippen LogP contribution in [0.1, 0.15) is 6.92 Å². The quantitative estimate of drug-likeness (QED) is 0.712. The van der Waals surface area contributed by atoms with E-state index in [1.165, 1.54) is 34.4 Å². The number of fused-ring (bicyclic) bond motifs is 1. The normalized spacial score (nSPS) is 11.0. The molecule has 0 aliphatic rings. The van der Waals surface area contributed by atoms with Gasteiger partial charge in [0.15, 0.2) is 9.47 Å². The third-order valence-corrected chi connectivity index (χ3v) is 5.80. The molecule has 2 N–H and O–H groups in total. The number of hydrogen-bond acceptors (Lipinski definition) is 8. The maximum atomic E-state index is 12.4. The van der Waals surface area contributed by atoms with Gasteiger partial charge in [0.05, 0.1) is 16.0 Å². The van der Waals surface area contributed by atoms with Crippen molar-refractivity contribution in [2.45, 2.75) is 11.3 Å². The lowest BCUT2D eigenvalue weighted by molar-refractivity contribution is -0.116. The molecule has 22 heavy (non-hydrogen) atoms. The van der Waals surface area contributed by atoms with Gasteiger partial charge in [-0.05, 0) is 19.1 Å². The van der Waals surface area contributed by atoms with Crippen LogP contribution >= 0.6 is 34.4 Å². The third-order valence-electron chi connectivity index (χ3n) is 2.87. The van der Waals surface area contributed by atoms with E-state index in [9.17, 15) is 4.79 Å². The number of benzene rings is 1. The lowest BCUT2D eigenvalue weighted by Gasteiger charge is -2.16. The number of nitrogens with two attached hydrogens (primary N) is 1. The molecule has 3 aromatic rings. The Hall–Kier alpha value is -1.71. The van der Waals surface area contributed by atoms with E-state index in [1.54, 1.807) is 4.90 Å². The monoisotopic (exact) mass is 351 g/mol. The van der Waals surface area contributed by atoms with Crippen molar-refractivity contribution >= 4 is 60.8 Å². The number of para-hydroxylation sites is 1. The third kappa shape index (κ3) is 3.21. The SMILES string of the molecule is CCN(C(=O)CSc1nnc(N)s1)c1nc2ccccc2s1. The molecule has 6 nitrogen and oxygen atoms in total. The largest absolute Gasteiger partial charge is 0.374 e. The summed E-state index contributed by atoms with van der Waals surface area (Å²) in [5.41, 5.74) is 6.45. The summed E-state index contributed by atoms with van der Waals surface area (Å²) >= 11 is 4.15. The second-order valence-corrected chi connectivity index (χ2v) is 7.54. The molecule has 0 bridgehead atoms. The van der Waals surface area contributed by atoms with Crippen LogP contribution in [0.2, 0.25) is 0 Å². The Bertz CT molecular complexity index is 767. The highest BCUT2D eigenvalue weighted by atomic mass is 32.2. The van der Waals surface area contributed by atoms with Crippen molar-refractivity contribution in [1.29, 1.82) is 0 Å². The van der Waals surface area contributed by atoms with E-state index in [0.29, 0.717) is 21.8 Å². The molecule has 114 valence electrons. The number of thioether (sulfide) groups is 1. The Kier molecular flexibility index (Phi) is 4.55. The summed E-state index contributed by atoms with van der Waals surface area (Å²) < 4.78 is 1.78. The van der Waals surface area contributed by atoms with Gasteiger partial charge in [-0.25, -0.2) is 4.98 Å². The molecule has 0 radical (unpaired) electrons. The summed E-state index contributed by atoms with van der Waals surface area (Å²) in [6.07, 6.45) is 0. The molecule has 2 heterocycles. The number of rotatable bonds is 5. The van der Waals surface area contributed by atoms with Crippen LogP contribution < -0.4 is 10.6 Å². The van der Waals surface area contributed by atoms with Gasteiger partial charge in [-0.1, -0.05) is 46.6 Å². The summed E-state index contributed by atoms with van der Waals surface area (Å²) in [6, 6.07) is 7.87. The van der Waals surface area contributed by atoms with Gasteiger partial charge in [-0.3, -0.25) is 9.69 Å². The zero-order valence-corrected chi connectivity index (χ0v) is 14.2. The standard InChI is InChI=1S/C13H13N5OS3/c1-2-18(10(19)7-20-13-17-16-11(14)22-13)12-15-8-5-3-4-6-9(8)21-12/h3-6H,2,7H2,1H3,(H2,14,16). The molecule has 0 saturated heterocycles. The molecule has 1 amide bonds. The van der Waals surface area contributed by atoms with Crippen LogP contribution in [-0.2, 0) is 4.79 Å². The molecule has 0 atom stereocenters. The molecular formula is C13H13N5OS3. The number of nitrogen functional groups attached to an aromatic ring is 1. The Morgan fingerprint density at radius 1 is 1.32 bits per heavy atom. The van der Waals surface area contributed by atoms with Crippen LogP contribution in [0.25, 0.3) is 10.2 Å². The summed E-state index contributed by atoms with van der Waals surface area (Å²) in [5, 5.41) is 8.78. The Balaban J connectivity index is 1.73. The Morgan fingerprint density at radius 3 is 2.82 bits per heavy atom. The fourth-order valence-electron chi connectivity index (χ4n) is 1.87. The summed E-state index contributed by atoms with van der Waals surface area (Å²) in [7, 11) is 0. The van der Waals surface area contributed by atoms with Crippen LogP contribution in [0.5, 0.6) is 0 Å². The average molecular weight is 351 g/mol. The van der Waals surface area contributed by atoms with Gasteiger partial charge in [-0.2, -0.15) is 0 Å². The number of amides is 1. The van der Waals surface area contributed by atoms with Crippen molar-refractivity contribution < 1.29 is 4.79 Å². The van der Waals surface area contributed by atoms with E-state index < -0.39 is 0 Å². The first-order valence-corrected chi connectivity index (χ1v) is 9.17. The van der Waals surface area contributed by atoms with Gasteiger partial charge in [0, 0.05) is 6.54 Å². The van der Waals surface area contributed by atoms with Gasteiger partial charge in [0.2, 0.25) is 11.0 Å². The molecule has 9 heteroatoms. The molecule has 3 rings (SSSR count). The van der Waals surface area contributed by atoms with Gasteiger partial charge in [0.25, 0.3) is 0 Å². The molecule has 0 aliphatic heterocycles. The van der Waals surface area contributed by atoms with E-state index in [-0.39, 0.29) is 5.91 Å². The molecule has 0 fully saturated rings. The molecule has 0 spiro atoms. The topological polar surface area (TPSA) is 85.0 Å². The van der Waals surface area contributed by atoms with Gasteiger partial charge < -0.3 is 5.73 Å². The Labute approximate surface area is 139 Å². The minimum Gasteiger partial charge on any atom is -0.374 e. The maximum absolute atomic E-state index is 12.4. The van der Waals surface area contributed by atoms with Crippen molar-refractivity contribution in [3.63, 3.8) is 0 Å². The molecular weight excluding hydrogens is 338 g/mol. The first kappa shape index (κ1) is 15.2. The first-order chi connectivity index (χ1) is 10.7. The predicted octanol–water partition coefficient (Wildman–Crippen LogP) is 2.88. The number of aromatic nitrogens is 3. The number of thiazole rings is 1. The van der Waals surface area contributed by atoms with Crippen molar-refractivity contribution in [3.8, 4) is 0 Å². The highest BCUT2D eigenvalue weighted by Crippen LogP contribution is 2.30.